The maximum Gasteiger partial charge on any atom is 0.171 e. The van der Waals surface area contributed by atoms with E-state index in [2.05, 4.69) is 15.2 Å². The molecular formula is C13H18N4O3. The van der Waals surface area contributed by atoms with Gasteiger partial charge in [0.15, 0.2) is 17.3 Å². The molecule has 2 aromatic rings. The number of benzene rings is 1. The maximum atomic E-state index is 8.97. The van der Waals surface area contributed by atoms with E-state index in [1.807, 2.05) is 19.1 Å². The van der Waals surface area contributed by atoms with Gasteiger partial charge in [0.1, 0.15) is 12.4 Å². The summed E-state index contributed by atoms with van der Waals surface area (Å²) in [5.74, 6) is 2.07. The van der Waals surface area contributed by atoms with Crippen molar-refractivity contribution in [2.24, 2.45) is 5.73 Å². The van der Waals surface area contributed by atoms with Crippen molar-refractivity contribution in [2.75, 3.05) is 13.7 Å². The van der Waals surface area contributed by atoms with Gasteiger partial charge in [0.2, 0.25) is 0 Å². The van der Waals surface area contributed by atoms with E-state index in [0.29, 0.717) is 29.8 Å². The maximum absolute atomic E-state index is 8.97. The fourth-order valence-corrected chi connectivity index (χ4v) is 1.82. The van der Waals surface area contributed by atoms with Gasteiger partial charge >= 0.3 is 0 Å². The molecule has 1 aromatic carbocycles. The highest BCUT2D eigenvalue weighted by Crippen LogP contribution is 2.30. The number of aliphatic hydroxyl groups is 1. The number of ether oxygens (including phenoxy) is 2. The van der Waals surface area contributed by atoms with Crippen LogP contribution < -0.4 is 15.2 Å². The molecule has 20 heavy (non-hydrogen) atoms. The van der Waals surface area contributed by atoms with Crippen LogP contribution in [0.3, 0.4) is 0 Å². The van der Waals surface area contributed by atoms with Gasteiger partial charge in [-0.25, -0.2) is 4.98 Å². The molecule has 0 unspecified atom stereocenters. The zero-order valence-corrected chi connectivity index (χ0v) is 11.5. The summed E-state index contributed by atoms with van der Waals surface area (Å²) in [6.07, 6.45) is 0. The fourth-order valence-electron chi connectivity index (χ4n) is 1.82. The molecule has 0 bridgehead atoms. The van der Waals surface area contributed by atoms with Crippen molar-refractivity contribution in [3.05, 3.63) is 35.4 Å². The second-order valence-electron chi connectivity index (χ2n) is 4.12. The minimum atomic E-state index is -0.503. The molecule has 2 rings (SSSR count). The summed E-state index contributed by atoms with van der Waals surface area (Å²) in [5.41, 5.74) is 6.92. The Morgan fingerprint density at radius 2 is 2.20 bits per heavy atom. The average Bonchev–Trinajstić information content (AvgIpc) is 2.95. The Morgan fingerprint density at radius 1 is 1.40 bits per heavy atom. The highest BCUT2D eigenvalue weighted by atomic mass is 16.5. The normalized spacial score (nSPS) is 12.2. The molecule has 0 aliphatic heterocycles. The molecule has 0 spiro atoms. The Balaban J connectivity index is 2.29. The Hall–Kier alpha value is -2.12. The van der Waals surface area contributed by atoms with E-state index in [1.54, 1.807) is 13.2 Å². The fraction of sp³-hybridized carbons (Fsp3) is 0.385. The Labute approximate surface area is 116 Å². The van der Waals surface area contributed by atoms with Crippen LogP contribution in [0.15, 0.2) is 18.2 Å². The number of rotatable bonds is 6. The lowest BCUT2D eigenvalue weighted by Crippen LogP contribution is -2.14. The predicted octanol–water partition coefficient (Wildman–Crippen LogP) is 0.752. The van der Waals surface area contributed by atoms with Crippen molar-refractivity contribution >= 4 is 0 Å². The summed E-state index contributed by atoms with van der Waals surface area (Å²) in [7, 11) is 1.58. The summed E-state index contributed by atoms with van der Waals surface area (Å²) in [6.45, 7) is 2.23. The third-order valence-electron chi connectivity index (χ3n) is 2.82. The number of hydrogen-bond donors (Lipinski definition) is 3. The quantitative estimate of drug-likeness (QED) is 0.720. The lowest BCUT2D eigenvalue weighted by atomic mass is 10.1. The molecule has 0 amide bonds. The van der Waals surface area contributed by atoms with Crippen LogP contribution in [0.4, 0.5) is 0 Å². The van der Waals surface area contributed by atoms with Crippen molar-refractivity contribution in [1.29, 1.82) is 0 Å². The number of nitrogens with one attached hydrogen (secondary N) is 1. The van der Waals surface area contributed by atoms with Crippen LogP contribution >= 0.6 is 0 Å². The first-order chi connectivity index (χ1) is 9.69. The van der Waals surface area contributed by atoms with E-state index in [9.17, 15) is 0 Å². The summed E-state index contributed by atoms with van der Waals surface area (Å²) >= 11 is 0. The van der Waals surface area contributed by atoms with Crippen LogP contribution in [0.5, 0.6) is 11.5 Å². The first-order valence-corrected chi connectivity index (χ1v) is 6.28. The van der Waals surface area contributed by atoms with Crippen LogP contribution in [0.1, 0.15) is 30.2 Å². The van der Waals surface area contributed by atoms with Crippen LogP contribution in [-0.4, -0.2) is 34.0 Å². The molecule has 0 aliphatic rings. The molecule has 1 atom stereocenters. The van der Waals surface area contributed by atoms with Gasteiger partial charge in [-0.1, -0.05) is 6.07 Å². The molecule has 108 valence electrons. The topological polar surface area (TPSA) is 106 Å². The SMILES string of the molecule is CCOc1cc([C@H](N)c2n[nH]c(CO)n2)ccc1OC. The van der Waals surface area contributed by atoms with Gasteiger partial charge in [-0.2, -0.15) is 5.10 Å². The number of nitrogens with two attached hydrogens (primary N) is 1. The zero-order valence-electron chi connectivity index (χ0n) is 11.5. The molecule has 0 radical (unpaired) electrons. The first kappa shape index (κ1) is 14.3. The van der Waals surface area contributed by atoms with Crippen molar-refractivity contribution in [3.8, 4) is 11.5 Å². The first-order valence-electron chi connectivity index (χ1n) is 6.28. The van der Waals surface area contributed by atoms with Crippen LogP contribution in [0, 0.1) is 0 Å². The molecule has 7 nitrogen and oxygen atoms in total. The van der Waals surface area contributed by atoms with E-state index in [4.69, 9.17) is 20.3 Å². The number of methoxy groups -OCH3 is 1. The lowest BCUT2D eigenvalue weighted by molar-refractivity contribution is 0.271. The molecule has 0 aliphatic carbocycles. The molecule has 7 heteroatoms. The highest BCUT2D eigenvalue weighted by Gasteiger charge is 2.16. The molecule has 0 saturated heterocycles. The second-order valence-corrected chi connectivity index (χ2v) is 4.12. The standard InChI is InChI=1S/C13H18N4O3/c1-3-20-10-6-8(4-5-9(10)19-2)12(14)13-15-11(7-18)16-17-13/h4-6,12,18H,3,7,14H2,1-2H3,(H,15,16,17)/t12-/m0/s1. The molecule has 1 aromatic heterocycles. The number of H-pyrrole nitrogens is 1. The predicted molar refractivity (Wildman–Crippen MR) is 72.5 cm³/mol. The monoisotopic (exact) mass is 278 g/mol. The molecule has 0 fully saturated rings. The number of aliphatic hydroxyl groups excluding tert-OH is 1. The lowest BCUT2D eigenvalue weighted by Gasteiger charge is -2.13. The largest absolute Gasteiger partial charge is 0.493 e. The summed E-state index contributed by atoms with van der Waals surface area (Å²) in [5, 5.41) is 15.6. The summed E-state index contributed by atoms with van der Waals surface area (Å²) in [6, 6.07) is 4.93. The van der Waals surface area contributed by atoms with Crippen LogP contribution in [0.25, 0.3) is 0 Å². The van der Waals surface area contributed by atoms with Crippen molar-refractivity contribution in [1.82, 2.24) is 15.2 Å². The van der Waals surface area contributed by atoms with Gasteiger partial charge < -0.3 is 20.3 Å². The van der Waals surface area contributed by atoms with E-state index < -0.39 is 6.04 Å². The van der Waals surface area contributed by atoms with E-state index in [1.165, 1.54) is 0 Å². The van der Waals surface area contributed by atoms with Crippen molar-refractivity contribution in [3.63, 3.8) is 0 Å². The molecular weight excluding hydrogens is 260 g/mol. The van der Waals surface area contributed by atoms with Gasteiger partial charge in [-0.3, -0.25) is 5.10 Å². The number of aromatic amines is 1. The summed E-state index contributed by atoms with van der Waals surface area (Å²) in [4.78, 5) is 4.11. The number of hydrogen-bond acceptors (Lipinski definition) is 6. The summed E-state index contributed by atoms with van der Waals surface area (Å²) < 4.78 is 10.7. The van der Waals surface area contributed by atoms with Gasteiger partial charge in [-0.15, -0.1) is 0 Å². The minimum Gasteiger partial charge on any atom is -0.493 e. The number of nitrogens with zero attached hydrogens (tertiary/aromatic N) is 2. The van der Waals surface area contributed by atoms with Crippen molar-refractivity contribution < 1.29 is 14.6 Å². The Bertz CT molecular complexity index is 570. The average molecular weight is 278 g/mol. The third kappa shape index (κ3) is 2.89. The smallest absolute Gasteiger partial charge is 0.171 e. The van der Waals surface area contributed by atoms with Gasteiger partial charge in [0.05, 0.1) is 19.8 Å². The number of aromatic nitrogens is 3. The molecule has 0 saturated carbocycles. The van der Waals surface area contributed by atoms with E-state index in [-0.39, 0.29) is 6.61 Å². The minimum absolute atomic E-state index is 0.202. The van der Waals surface area contributed by atoms with Gasteiger partial charge in [0, 0.05) is 0 Å². The van der Waals surface area contributed by atoms with E-state index >= 15 is 0 Å². The Kier molecular flexibility index (Phi) is 4.54. The van der Waals surface area contributed by atoms with Gasteiger partial charge in [-0.05, 0) is 24.6 Å². The zero-order chi connectivity index (χ0) is 14.5. The van der Waals surface area contributed by atoms with Crippen molar-refractivity contribution in [2.45, 2.75) is 19.6 Å². The Morgan fingerprint density at radius 3 is 2.80 bits per heavy atom. The molecule has 4 N–H and O–H groups in total. The second kappa shape index (κ2) is 6.36. The molecule has 1 heterocycles. The van der Waals surface area contributed by atoms with Gasteiger partial charge in [0.25, 0.3) is 0 Å². The van der Waals surface area contributed by atoms with Crippen LogP contribution in [0.2, 0.25) is 0 Å². The van der Waals surface area contributed by atoms with Crippen LogP contribution in [-0.2, 0) is 6.61 Å². The third-order valence-corrected chi connectivity index (χ3v) is 2.82. The van der Waals surface area contributed by atoms with E-state index in [0.717, 1.165) is 5.56 Å². The highest BCUT2D eigenvalue weighted by molar-refractivity contribution is 5.44.